The maximum absolute atomic E-state index is 11.9. The van der Waals surface area contributed by atoms with E-state index in [4.69, 9.17) is 0 Å². The van der Waals surface area contributed by atoms with Crippen LogP contribution in [0.1, 0.15) is 16.4 Å². The second-order valence-corrected chi connectivity index (χ2v) is 5.52. The molecule has 3 rings (SSSR count). The summed E-state index contributed by atoms with van der Waals surface area (Å²) in [4.78, 5) is 0. The van der Waals surface area contributed by atoms with Crippen LogP contribution in [-0.2, 0) is 10.8 Å². The van der Waals surface area contributed by atoms with Gasteiger partial charge in [-0.15, -0.1) is 0 Å². The first kappa shape index (κ1) is 9.79. The third-order valence-electron chi connectivity index (χ3n) is 3.11. The summed E-state index contributed by atoms with van der Waals surface area (Å²) in [6.07, 6.45) is 1.78. The van der Waals surface area contributed by atoms with Gasteiger partial charge in [0.25, 0.3) is 0 Å². The summed E-state index contributed by atoms with van der Waals surface area (Å²) >= 11 is 0. The highest BCUT2D eigenvalue weighted by molar-refractivity contribution is 7.84. The number of rotatable bonds is 1. The van der Waals surface area contributed by atoms with Crippen molar-refractivity contribution in [2.24, 2.45) is 0 Å². The summed E-state index contributed by atoms with van der Waals surface area (Å²) in [7, 11) is -0.864. The van der Waals surface area contributed by atoms with Gasteiger partial charge in [-0.3, -0.25) is 4.21 Å². The van der Waals surface area contributed by atoms with Crippen molar-refractivity contribution in [3.05, 3.63) is 59.7 Å². The Kier molecular flexibility index (Phi) is 2.18. The minimum absolute atomic E-state index is 0.0485. The summed E-state index contributed by atoms with van der Waals surface area (Å²) in [6, 6.07) is 16.5. The van der Waals surface area contributed by atoms with Crippen LogP contribution in [0.4, 0.5) is 0 Å². The SMILES string of the molecule is CS(=O)C1c2ccccc2-c2ccccc21. The summed E-state index contributed by atoms with van der Waals surface area (Å²) < 4.78 is 11.9. The maximum Gasteiger partial charge on any atom is 0.0855 e. The molecule has 2 aromatic rings. The quantitative estimate of drug-likeness (QED) is 0.733. The van der Waals surface area contributed by atoms with E-state index in [9.17, 15) is 4.21 Å². The highest BCUT2D eigenvalue weighted by atomic mass is 32.2. The first-order chi connectivity index (χ1) is 7.79. The molecule has 0 bridgehead atoms. The Bertz CT molecular complexity index is 529. The molecule has 80 valence electrons. The first-order valence-corrected chi connectivity index (χ1v) is 6.91. The first-order valence-electron chi connectivity index (χ1n) is 5.29. The molecule has 0 amide bonds. The molecule has 0 aromatic heterocycles. The molecule has 1 unspecified atom stereocenters. The molecule has 1 aliphatic rings. The van der Waals surface area contributed by atoms with Gasteiger partial charge in [-0.25, -0.2) is 0 Å². The number of hydrogen-bond acceptors (Lipinski definition) is 1. The van der Waals surface area contributed by atoms with Gasteiger partial charge in [0.1, 0.15) is 0 Å². The average molecular weight is 228 g/mol. The molecule has 0 heterocycles. The minimum atomic E-state index is -0.864. The van der Waals surface area contributed by atoms with Crippen molar-refractivity contribution in [3.63, 3.8) is 0 Å². The van der Waals surface area contributed by atoms with Gasteiger partial charge in [-0.1, -0.05) is 48.5 Å². The summed E-state index contributed by atoms with van der Waals surface area (Å²) in [5.74, 6) is 0. The van der Waals surface area contributed by atoms with Crippen molar-refractivity contribution >= 4 is 10.8 Å². The molecule has 0 spiro atoms. The van der Waals surface area contributed by atoms with Crippen molar-refractivity contribution in [2.45, 2.75) is 5.25 Å². The van der Waals surface area contributed by atoms with E-state index in [0.717, 1.165) is 0 Å². The van der Waals surface area contributed by atoms with Gasteiger partial charge in [-0.2, -0.15) is 0 Å². The van der Waals surface area contributed by atoms with Gasteiger partial charge in [0, 0.05) is 17.1 Å². The third kappa shape index (κ3) is 1.26. The van der Waals surface area contributed by atoms with E-state index >= 15 is 0 Å². The van der Waals surface area contributed by atoms with Gasteiger partial charge >= 0.3 is 0 Å². The summed E-state index contributed by atoms with van der Waals surface area (Å²) in [5.41, 5.74) is 4.87. The Morgan fingerprint density at radius 2 is 1.31 bits per heavy atom. The Balaban J connectivity index is 2.34. The molecule has 1 nitrogen and oxygen atoms in total. The number of fused-ring (bicyclic) bond motifs is 3. The minimum Gasteiger partial charge on any atom is -0.259 e. The highest BCUT2D eigenvalue weighted by Crippen LogP contribution is 2.45. The largest absolute Gasteiger partial charge is 0.259 e. The molecule has 0 radical (unpaired) electrons. The molecular weight excluding hydrogens is 216 g/mol. The van der Waals surface area contributed by atoms with E-state index in [0.29, 0.717) is 0 Å². The monoisotopic (exact) mass is 228 g/mol. The molecule has 0 saturated carbocycles. The van der Waals surface area contributed by atoms with Crippen LogP contribution in [0.2, 0.25) is 0 Å². The zero-order valence-corrected chi connectivity index (χ0v) is 9.83. The molecule has 1 aliphatic carbocycles. The Hall–Kier alpha value is -1.41. The standard InChI is InChI=1S/C14H12OS/c1-16(15)14-12-8-4-2-6-10(12)11-7-3-5-9-13(11)14/h2-9,14H,1H3. The zero-order chi connectivity index (χ0) is 11.1. The third-order valence-corrected chi connectivity index (χ3v) is 4.28. The van der Waals surface area contributed by atoms with Crippen molar-refractivity contribution < 1.29 is 4.21 Å². The van der Waals surface area contributed by atoms with E-state index in [1.165, 1.54) is 22.3 Å². The van der Waals surface area contributed by atoms with E-state index in [1.54, 1.807) is 6.26 Å². The van der Waals surface area contributed by atoms with Gasteiger partial charge in [0.15, 0.2) is 0 Å². The van der Waals surface area contributed by atoms with Crippen LogP contribution in [0.5, 0.6) is 0 Å². The van der Waals surface area contributed by atoms with Crippen molar-refractivity contribution in [1.82, 2.24) is 0 Å². The summed E-state index contributed by atoms with van der Waals surface area (Å²) in [5, 5.41) is 0.0485. The second-order valence-electron chi connectivity index (χ2n) is 4.05. The number of benzene rings is 2. The molecular formula is C14H12OS. The van der Waals surface area contributed by atoms with E-state index in [2.05, 4.69) is 24.3 Å². The fraction of sp³-hybridized carbons (Fsp3) is 0.143. The van der Waals surface area contributed by atoms with Crippen molar-refractivity contribution in [3.8, 4) is 11.1 Å². The molecule has 16 heavy (non-hydrogen) atoms. The normalized spacial score (nSPS) is 15.6. The van der Waals surface area contributed by atoms with Crippen LogP contribution in [-0.4, -0.2) is 10.5 Å². The Morgan fingerprint density at radius 1 is 0.875 bits per heavy atom. The van der Waals surface area contributed by atoms with Crippen LogP contribution < -0.4 is 0 Å². The van der Waals surface area contributed by atoms with E-state index < -0.39 is 10.8 Å². The van der Waals surface area contributed by atoms with Crippen LogP contribution >= 0.6 is 0 Å². The molecule has 2 heteroatoms. The number of hydrogen-bond donors (Lipinski definition) is 0. The van der Waals surface area contributed by atoms with E-state index in [-0.39, 0.29) is 5.25 Å². The molecule has 1 atom stereocenters. The van der Waals surface area contributed by atoms with Gasteiger partial charge in [0.2, 0.25) is 0 Å². The fourth-order valence-electron chi connectivity index (χ4n) is 2.47. The second kappa shape index (κ2) is 3.56. The molecule has 2 aromatic carbocycles. The van der Waals surface area contributed by atoms with Crippen LogP contribution in [0.3, 0.4) is 0 Å². The van der Waals surface area contributed by atoms with Crippen LogP contribution in [0.25, 0.3) is 11.1 Å². The lowest BCUT2D eigenvalue weighted by Crippen LogP contribution is -2.02. The Morgan fingerprint density at radius 3 is 1.75 bits per heavy atom. The lowest BCUT2D eigenvalue weighted by Gasteiger charge is -2.09. The van der Waals surface area contributed by atoms with E-state index in [1.807, 2.05) is 24.3 Å². The predicted molar refractivity (Wildman–Crippen MR) is 67.8 cm³/mol. The van der Waals surface area contributed by atoms with Crippen LogP contribution in [0, 0.1) is 0 Å². The summed E-state index contributed by atoms with van der Waals surface area (Å²) in [6.45, 7) is 0. The van der Waals surface area contributed by atoms with Crippen LogP contribution in [0.15, 0.2) is 48.5 Å². The van der Waals surface area contributed by atoms with Crippen molar-refractivity contribution in [1.29, 1.82) is 0 Å². The smallest absolute Gasteiger partial charge is 0.0855 e. The predicted octanol–water partition coefficient (Wildman–Crippen LogP) is 3.13. The molecule has 0 N–H and O–H groups in total. The highest BCUT2D eigenvalue weighted by Gasteiger charge is 2.30. The zero-order valence-electron chi connectivity index (χ0n) is 9.01. The topological polar surface area (TPSA) is 17.1 Å². The maximum atomic E-state index is 11.9. The van der Waals surface area contributed by atoms with Gasteiger partial charge in [0.05, 0.1) is 5.25 Å². The molecule has 0 saturated heterocycles. The molecule has 0 aliphatic heterocycles. The van der Waals surface area contributed by atoms with Gasteiger partial charge in [-0.05, 0) is 22.3 Å². The fourth-order valence-corrected chi connectivity index (χ4v) is 3.59. The average Bonchev–Trinajstić information content (AvgIpc) is 2.63. The lowest BCUT2D eigenvalue weighted by molar-refractivity contribution is 0.683. The van der Waals surface area contributed by atoms with Gasteiger partial charge < -0.3 is 0 Å². The lowest BCUT2D eigenvalue weighted by atomic mass is 10.1. The Labute approximate surface area is 97.6 Å². The molecule has 0 fully saturated rings. The van der Waals surface area contributed by atoms with Crippen molar-refractivity contribution in [2.75, 3.05) is 6.26 Å².